The number of nitrogens with zero attached hydrogens (tertiary/aromatic N) is 1. The molecule has 0 saturated carbocycles. The lowest BCUT2D eigenvalue weighted by atomic mass is 10.0. The minimum absolute atomic E-state index is 0.0925. The van der Waals surface area contributed by atoms with Crippen LogP contribution in [0.25, 0.3) is 11.1 Å². The van der Waals surface area contributed by atoms with Gasteiger partial charge in [0, 0.05) is 17.4 Å². The van der Waals surface area contributed by atoms with E-state index in [9.17, 15) is 4.79 Å². The van der Waals surface area contributed by atoms with E-state index in [0.717, 1.165) is 16.8 Å². The van der Waals surface area contributed by atoms with Crippen LogP contribution in [0.1, 0.15) is 0 Å². The molecular formula is C19H15ClN2OS. The van der Waals surface area contributed by atoms with E-state index in [0.29, 0.717) is 10.0 Å². The number of benzene rings is 2. The van der Waals surface area contributed by atoms with Crippen LogP contribution in [0.15, 0.2) is 78.0 Å². The molecule has 1 amide bonds. The number of nitrogens with one attached hydrogen (secondary N) is 1. The second-order valence-electron chi connectivity index (χ2n) is 5.04. The first kappa shape index (κ1) is 16.6. The Morgan fingerprint density at radius 3 is 2.54 bits per heavy atom. The van der Waals surface area contributed by atoms with Gasteiger partial charge in [0.05, 0.1) is 10.8 Å². The second-order valence-corrected chi connectivity index (χ2v) is 6.41. The van der Waals surface area contributed by atoms with Gasteiger partial charge in [0.25, 0.3) is 0 Å². The molecule has 0 fully saturated rings. The van der Waals surface area contributed by atoms with E-state index >= 15 is 0 Å². The fraction of sp³-hybridized carbons (Fsp3) is 0.0526. The molecule has 2 aromatic carbocycles. The SMILES string of the molecule is O=C(CSc1ncccc1Cl)Nc1ccccc1-c1ccccc1. The van der Waals surface area contributed by atoms with Gasteiger partial charge in [-0.15, -0.1) is 0 Å². The zero-order valence-electron chi connectivity index (χ0n) is 12.8. The van der Waals surface area contributed by atoms with Crippen LogP contribution in [0.3, 0.4) is 0 Å². The van der Waals surface area contributed by atoms with E-state index in [1.165, 1.54) is 11.8 Å². The van der Waals surface area contributed by atoms with E-state index in [2.05, 4.69) is 10.3 Å². The maximum Gasteiger partial charge on any atom is 0.234 e. The molecule has 0 atom stereocenters. The fourth-order valence-corrected chi connectivity index (χ4v) is 3.23. The molecule has 0 spiro atoms. The summed E-state index contributed by atoms with van der Waals surface area (Å²) in [6.45, 7) is 0. The van der Waals surface area contributed by atoms with Crippen molar-refractivity contribution in [2.75, 3.05) is 11.1 Å². The molecule has 3 rings (SSSR count). The zero-order chi connectivity index (χ0) is 16.8. The first-order valence-corrected chi connectivity index (χ1v) is 8.78. The number of hydrogen-bond donors (Lipinski definition) is 1. The number of carbonyl (C=O) groups is 1. The van der Waals surface area contributed by atoms with Crippen molar-refractivity contribution in [3.63, 3.8) is 0 Å². The minimum atomic E-state index is -0.0925. The van der Waals surface area contributed by atoms with Gasteiger partial charge in [0.15, 0.2) is 0 Å². The molecule has 1 aromatic heterocycles. The van der Waals surface area contributed by atoms with Crippen molar-refractivity contribution in [2.24, 2.45) is 0 Å². The summed E-state index contributed by atoms with van der Waals surface area (Å²) in [4.78, 5) is 16.5. The van der Waals surface area contributed by atoms with E-state index in [1.54, 1.807) is 18.3 Å². The molecule has 0 aliphatic heterocycles. The highest BCUT2D eigenvalue weighted by Crippen LogP contribution is 2.28. The van der Waals surface area contributed by atoms with E-state index in [1.807, 2.05) is 54.6 Å². The number of thioether (sulfide) groups is 1. The minimum Gasteiger partial charge on any atom is -0.325 e. The smallest absolute Gasteiger partial charge is 0.234 e. The molecule has 3 nitrogen and oxygen atoms in total. The molecule has 0 unspecified atom stereocenters. The maximum absolute atomic E-state index is 12.3. The van der Waals surface area contributed by atoms with Gasteiger partial charge in [-0.2, -0.15) is 0 Å². The number of hydrogen-bond acceptors (Lipinski definition) is 3. The van der Waals surface area contributed by atoms with Crippen molar-refractivity contribution >= 4 is 35.0 Å². The van der Waals surface area contributed by atoms with Crippen LogP contribution in [0, 0.1) is 0 Å². The summed E-state index contributed by atoms with van der Waals surface area (Å²) < 4.78 is 0. The summed E-state index contributed by atoms with van der Waals surface area (Å²) in [6, 6.07) is 21.3. The van der Waals surface area contributed by atoms with Crippen molar-refractivity contribution in [3.8, 4) is 11.1 Å². The maximum atomic E-state index is 12.3. The van der Waals surface area contributed by atoms with Crippen LogP contribution < -0.4 is 5.32 Å². The lowest BCUT2D eigenvalue weighted by Crippen LogP contribution is -2.14. The molecule has 1 heterocycles. The molecule has 0 radical (unpaired) electrons. The highest BCUT2D eigenvalue weighted by Gasteiger charge is 2.10. The van der Waals surface area contributed by atoms with Crippen LogP contribution in [0.5, 0.6) is 0 Å². The predicted molar refractivity (Wildman–Crippen MR) is 100 cm³/mol. The number of anilines is 1. The Bertz CT molecular complexity index is 840. The number of rotatable bonds is 5. The third kappa shape index (κ3) is 4.16. The van der Waals surface area contributed by atoms with Crippen LogP contribution in [0.2, 0.25) is 5.02 Å². The molecule has 0 aliphatic carbocycles. The quantitative estimate of drug-likeness (QED) is 0.645. The molecular weight excluding hydrogens is 340 g/mol. The number of para-hydroxylation sites is 1. The first-order chi connectivity index (χ1) is 11.7. The molecule has 24 heavy (non-hydrogen) atoms. The topological polar surface area (TPSA) is 42.0 Å². The fourth-order valence-electron chi connectivity index (χ4n) is 2.26. The van der Waals surface area contributed by atoms with E-state index in [-0.39, 0.29) is 11.7 Å². The Morgan fingerprint density at radius 1 is 1.00 bits per heavy atom. The number of aromatic nitrogens is 1. The van der Waals surface area contributed by atoms with E-state index in [4.69, 9.17) is 11.6 Å². The van der Waals surface area contributed by atoms with Gasteiger partial charge in [-0.25, -0.2) is 4.98 Å². The summed E-state index contributed by atoms with van der Waals surface area (Å²) >= 11 is 7.38. The first-order valence-electron chi connectivity index (χ1n) is 7.41. The molecule has 1 N–H and O–H groups in total. The normalized spacial score (nSPS) is 10.4. The highest BCUT2D eigenvalue weighted by atomic mass is 35.5. The molecule has 0 saturated heterocycles. The average molecular weight is 355 g/mol. The van der Waals surface area contributed by atoms with Gasteiger partial charge in [0.2, 0.25) is 5.91 Å². The third-order valence-electron chi connectivity index (χ3n) is 3.35. The Kier molecular flexibility index (Phi) is 5.51. The van der Waals surface area contributed by atoms with Crippen LogP contribution in [0.4, 0.5) is 5.69 Å². The average Bonchev–Trinajstić information content (AvgIpc) is 2.62. The van der Waals surface area contributed by atoms with Gasteiger partial charge in [0.1, 0.15) is 5.03 Å². The van der Waals surface area contributed by atoms with Crippen molar-refractivity contribution in [2.45, 2.75) is 5.03 Å². The Balaban J connectivity index is 1.70. The second kappa shape index (κ2) is 7.99. The van der Waals surface area contributed by atoms with Crippen molar-refractivity contribution in [1.29, 1.82) is 0 Å². The van der Waals surface area contributed by atoms with Gasteiger partial charge >= 0.3 is 0 Å². The van der Waals surface area contributed by atoms with Crippen molar-refractivity contribution in [1.82, 2.24) is 4.98 Å². The molecule has 3 aromatic rings. The van der Waals surface area contributed by atoms with Crippen LogP contribution >= 0.6 is 23.4 Å². The predicted octanol–water partition coefficient (Wildman–Crippen LogP) is 5.13. The van der Waals surface area contributed by atoms with Gasteiger partial charge in [-0.3, -0.25) is 4.79 Å². The van der Waals surface area contributed by atoms with Gasteiger partial charge in [-0.05, 0) is 23.8 Å². The summed E-state index contributed by atoms with van der Waals surface area (Å²) in [6.07, 6.45) is 1.66. The Morgan fingerprint density at radius 2 is 1.75 bits per heavy atom. The largest absolute Gasteiger partial charge is 0.325 e. The zero-order valence-corrected chi connectivity index (χ0v) is 14.3. The summed E-state index contributed by atoms with van der Waals surface area (Å²) in [5.74, 6) is 0.157. The number of amides is 1. The van der Waals surface area contributed by atoms with E-state index < -0.39 is 0 Å². The molecule has 5 heteroatoms. The summed E-state index contributed by atoms with van der Waals surface area (Å²) in [7, 11) is 0. The number of halogens is 1. The van der Waals surface area contributed by atoms with Crippen LogP contribution in [-0.4, -0.2) is 16.6 Å². The lowest BCUT2D eigenvalue weighted by Gasteiger charge is -2.11. The van der Waals surface area contributed by atoms with Crippen LogP contribution in [-0.2, 0) is 4.79 Å². The Hall–Kier alpha value is -2.30. The van der Waals surface area contributed by atoms with Gasteiger partial charge < -0.3 is 5.32 Å². The number of carbonyl (C=O) groups excluding carboxylic acids is 1. The molecule has 0 bridgehead atoms. The standard InChI is InChI=1S/C19H15ClN2OS/c20-16-10-6-12-21-19(16)24-13-18(23)22-17-11-5-4-9-15(17)14-7-2-1-3-8-14/h1-12H,13H2,(H,22,23). The summed E-state index contributed by atoms with van der Waals surface area (Å²) in [5, 5.41) is 4.18. The molecule has 0 aliphatic rings. The lowest BCUT2D eigenvalue weighted by molar-refractivity contribution is -0.113. The highest BCUT2D eigenvalue weighted by molar-refractivity contribution is 8.00. The molecule has 120 valence electrons. The Labute approximate surface area is 150 Å². The summed E-state index contributed by atoms with van der Waals surface area (Å²) in [5.41, 5.74) is 2.85. The van der Waals surface area contributed by atoms with Crippen molar-refractivity contribution in [3.05, 3.63) is 77.9 Å². The number of pyridine rings is 1. The third-order valence-corrected chi connectivity index (χ3v) is 4.77. The van der Waals surface area contributed by atoms with Gasteiger partial charge in [-0.1, -0.05) is 71.9 Å². The monoisotopic (exact) mass is 354 g/mol. The van der Waals surface area contributed by atoms with Crippen molar-refractivity contribution < 1.29 is 4.79 Å².